The Hall–Kier alpha value is -1.26. The van der Waals surface area contributed by atoms with Crippen molar-refractivity contribution in [3.63, 3.8) is 0 Å². The number of nitrogens with zero attached hydrogens (tertiary/aromatic N) is 2. The molecule has 0 saturated carbocycles. The maximum Gasteiger partial charge on any atom is 0.142 e. The van der Waals surface area contributed by atoms with Crippen molar-refractivity contribution in [1.82, 2.24) is 15.3 Å². The van der Waals surface area contributed by atoms with E-state index in [1.807, 2.05) is 12.3 Å². The minimum atomic E-state index is 0.305. The summed E-state index contributed by atoms with van der Waals surface area (Å²) in [7, 11) is 0. The van der Waals surface area contributed by atoms with Crippen molar-refractivity contribution in [2.75, 3.05) is 6.54 Å². The molecule has 2 aromatic heterocycles. The van der Waals surface area contributed by atoms with E-state index >= 15 is 0 Å². The number of hydrogen-bond acceptors (Lipinski definition) is 4. The van der Waals surface area contributed by atoms with E-state index in [4.69, 9.17) is 0 Å². The minimum absolute atomic E-state index is 0.305. The van der Waals surface area contributed by atoms with Gasteiger partial charge in [0.15, 0.2) is 0 Å². The molecule has 0 aliphatic carbocycles. The van der Waals surface area contributed by atoms with Crippen LogP contribution in [-0.2, 0) is 0 Å². The fourth-order valence-corrected chi connectivity index (χ4v) is 2.60. The average molecular weight is 261 g/mol. The molecule has 0 aromatic carbocycles. The van der Waals surface area contributed by atoms with E-state index in [0.717, 1.165) is 29.4 Å². The second-order valence-corrected chi connectivity index (χ2v) is 5.33. The molecule has 0 fully saturated rings. The van der Waals surface area contributed by atoms with E-state index < -0.39 is 0 Å². The molecular formula is C14H19N3S. The summed E-state index contributed by atoms with van der Waals surface area (Å²) in [4.78, 5) is 9.04. The van der Waals surface area contributed by atoms with Crippen LogP contribution in [0.15, 0.2) is 23.7 Å². The van der Waals surface area contributed by atoms with Gasteiger partial charge in [-0.3, -0.25) is 4.98 Å². The topological polar surface area (TPSA) is 37.8 Å². The molecule has 96 valence electrons. The van der Waals surface area contributed by atoms with Crippen molar-refractivity contribution in [3.8, 4) is 10.7 Å². The van der Waals surface area contributed by atoms with Crippen LogP contribution >= 0.6 is 11.3 Å². The highest BCUT2D eigenvalue weighted by atomic mass is 32.1. The Morgan fingerprint density at radius 1 is 1.44 bits per heavy atom. The lowest BCUT2D eigenvalue weighted by atomic mass is 10.2. The van der Waals surface area contributed by atoms with Crippen molar-refractivity contribution in [3.05, 3.63) is 35.0 Å². The van der Waals surface area contributed by atoms with Gasteiger partial charge in [0.2, 0.25) is 0 Å². The van der Waals surface area contributed by atoms with Gasteiger partial charge >= 0.3 is 0 Å². The second-order valence-electron chi connectivity index (χ2n) is 4.47. The fraction of sp³-hybridized carbons (Fsp3) is 0.429. The van der Waals surface area contributed by atoms with Crippen molar-refractivity contribution in [2.45, 2.75) is 33.2 Å². The first-order valence-corrected chi connectivity index (χ1v) is 7.20. The summed E-state index contributed by atoms with van der Waals surface area (Å²) in [5, 5.41) is 6.57. The van der Waals surface area contributed by atoms with Gasteiger partial charge in [0.25, 0.3) is 0 Å². The smallest absolute Gasteiger partial charge is 0.142 e. The third-order valence-electron chi connectivity index (χ3n) is 2.80. The van der Waals surface area contributed by atoms with E-state index in [2.05, 4.69) is 47.5 Å². The monoisotopic (exact) mass is 261 g/mol. The molecule has 2 heterocycles. The van der Waals surface area contributed by atoms with Gasteiger partial charge in [-0.1, -0.05) is 6.92 Å². The predicted molar refractivity (Wildman–Crippen MR) is 76.8 cm³/mol. The Kier molecular flexibility index (Phi) is 4.44. The van der Waals surface area contributed by atoms with Gasteiger partial charge in [-0.2, -0.15) is 0 Å². The van der Waals surface area contributed by atoms with Crippen LogP contribution in [0.5, 0.6) is 0 Å². The van der Waals surface area contributed by atoms with Crippen LogP contribution in [0.2, 0.25) is 0 Å². The van der Waals surface area contributed by atoms with Crippen molar-refractivity contribution < 1.29 is 0 Å². The summed E-state index contributed by atoms with van der Waals surface area (Å²) in [5.41, 5.74) is 3.29. The van der Waals surface area contributed by atoms with Crippen molar-refractivity contribution >= 4 is 11.3 Å². The number of aryl methyl sites for hydroxylation is 1. The number of hydrogen-bond donors (Lipinski definition) is 1. The molecule has 1 atom stereocenters. The first-order chi connectivity index (χ1) is 8.70. The molecule has 1 N–H and O–H groups in total. The lowest BCUT2D eigenvalue weighted by Crippen LogP contribution is -2.19. The zero-order valence-corrected chi connectivity index (χ0v) is 11.9. The number of nitrogens with one attached hydrogen (secondary N) is 1. The highest BCUT2D eigenvalue weighted by molar-refractivity contribution is 7.13. The molecular weight excluding hydrogens is 242 g/mol. The normalized spacial score (nSPS) is 12.6. The van der Waals surface area contributed by atoms with Crippen LogP contribution in [0.25, 0.3) is 10.7 Å². The van der Waals surface area contributed by atoms with Gasteiger partial charge in [0.05, 0.1) is 11.4 Å². The lowest BCUT2D eigenvalue weighted by molar-refractivity contribution is 0.561. The highest BCUT2D eigenvalue weighted by Gasteiger charge is 2.11. The molecule has 0 amide bonds. The molecule has 2 aromatic rings. The molecule has 0 aliphatic heterocycles. The molecule has 0 saturated heterocycles. The standard InChI is InChI=1S/C14H19N3S/c1-4-6-15-11(3)13-9-18-14(17-13)12-8-10(2)5-7-16-12/h5,7-9,11,15H,4,6H2,1-3H3. The lowest BCUT2D eigenvalue weighted by Gasteiger charge is -2.09. The number of aromatic nitrogens is 2. The fourth-order valence-electron chi connectivity index (χ4n) is 1.72. The zero-order valence-electron chi connectivity index (χ0n) is 11.1. The summed E-state index contributed by atoms with van der Waals surface area (Å²) in [6.07, 6.45) is 2.98. The van der Waals surface area contributed by atoms with Crippen molar-refractivity contribution in [1.29, 1.82) is 0 Å². The minimum Gasteiger partial charge on any atom is -0.309 e. The first kappa shape index (κ1) is 13.2. The number of thiazole rings is 1. The second kappa shape index (κ2) is 6.07. The van der Waals surface area contributed by atoms with Gasteiger partial charge in [0.1, 0.15) is 5.01 Å². The van der Waals surface area contributed by atoms with Crippen LogP contribution < -0.4 is 5.32 Å². The Morgan fingerprint density at radius 2 is 2.28 bits per heavy atom. The molecule has 0 spiro atoms. The number of pyridine rings is 1. The summed E-state index contributed by atoms with van der Waals surface area (Å²) >= 11 is 1.66. The van der Waals surface area contributed by atoms with Crippen LogP contribution in [0.1, 0.15) is 37.6 Å². The third-order valence-corrected chi connectivity index (χ3v) is 3.68. The zero-order chi connectivity index (χ0) is 13.0. The maximum atomic E-state index is 4.67. The van der Waals surface area contributed by atoms with Gasteiger partial charge in [-0.15, -0.1) is 11.3 Å². The first-order valence-electron chi connectivity index (χ1n) is 6.32. The number of rotatable bonds is 5. The molecule has 3 nitrogen and oxygen atoms in total. The largest absolute Gasteiger partial charge is 0.309 e. The van der Waals surface area contributed by atoms with E-state index in [1.165, 1.54) is 5.56 Å². The molecule has 2 rings (SSSR count). The Balaban J connectivity index is 2.15. The average Bonchev–Trinajstić information content (AvgIpc) is 2.85. The summed E-state index contributed by atoms with van der Waals surface area (Å²) in [6.45, 7) is 7.42. The van der Waals surface area contributed by atoms with Crippen LogP contribution in [0.4, 0.5) is 0 Å². The molecule has 4 heteroatoms. The van der Waals surface area contributed by atoms with E-state index in [0.29, 0.717) is 6.04 Å². The SMILES string of the molecule is CCCNC(C)c1csc(-c2cc(C)ccn2)n1. The third kappa shape index (κ3) is 3.15. The molecule has 0 aliphatic rings. The summed E-state index contributed by atoms with van der Waals surface area (Å²) in [5.74, 6) is 0. The van der Waals surface area contributed by atoms with Crippen LogP contribution in [0, 0.1) is 6.92 Å². The van der Waals surface area contributed by atoms with E-state index in [-0.39, 0.29) is 0 Å². The molecule has 0 radical (unpaired) electrons. The van der Waals surface area contributed by atoms with Gasteiger partial charge in [0, 0.05) is 17.6 Å². The predicted octanol–water partition coefficient (Wildman–Crippen LogP) is 3.57. The molecule has 0 bridgehead atoms. The quantitative estimate of drug-likeness (QED) is 0.894. The highest BCUT2D eigenvalue weighted by Crippen LogP contribution is 2.25. The van der Waals surface area contributed by atoms with Crippen molar-refractivity contribution in [2.24, 2.45) is 0 Å². The van der Waals surface area contributed by atoms with Gasteiger partial charge in [-0.05, 0) is 44.5 Å². The molecule has 18 heavy (non-hydrogen) atoms. The Morgan fingerprint density at radius 3 is 3.00 bits per heavy atom. The van der Waals surface area contributed by atoms with Gasteiger partial charge in [-0.25, -0.2) is 4.98 Å². The maximum absolute atomic E-state index is 4.67. The summed E-state index contributed by atoms with van der Waals surface area (Å²) < 4.78 is 0. The van der Waals surface area contributed by atoms with E-state index in [9.17, 15) is 0 Å². The Labute approximate surface area is 112 Å². The van der Waals surface area contributed by atoms with E-state index in [1.54, 1.807) is 11.3 Å². The summed E-state index contributed by atoms with van der Waals surface area (Å²) in [6, 6.07) is 4.38. The van der Waals surface area contributed by atoms with Crippen LogP contribution in [-0.4, -0.2) is 16.5 Å². The van der Waals surface area contributed by atoms with Gasteiger partial charge < -0.3 is 5.32 Å². The Bertz CT molecular complexity index is 507. The molecule has 1 unspecified atom stereocenters. The van der Waals surface area contributed by atoms with Crippen LogP contribution in [0.3, 0.4) is 0 Å².